The van der Waals surface area contributed by atoms with Crippen LogP contribution in [0.4, 0.5) is 5.69 Å². The maximum absolute atomic E-state index is 12.3. The largest absolute Gasteiger partial charge is 0.478 e. The summed E-state index contributed by atoms with van der Waals surface area (Å²) in [7, 11) is 0. The summed E-state index contributed by atoms with van der Waals surface area (Å²) in [5.74, 6) is -1.30. The molecular weight excluding hydrogens is 280 g/mol. The number of carbonyl (C=O) groups excluding carboxylic acids is 1. The van der Waals surface area contributed by atoms with Crippen LogP contribution < -0.4 is 4.90 Å². The zero-order valence-corrected chi connectivity index (χ0v) is 11.2. The summed E-state index contributed by atoms with van der Waals surface area (Å²) in [6, 6.07) is 5.92. The molecule has 20 heavy (non-hydrogen) atoms. The SMILES string of the molecule is O=C(O)c1ccc(N(CCO)C(=O)c2cncs2)cc1. The van der Waals surface area contributed by atoms with E-state index in [2.05, 4.69) is 4.98 Å². The Bertz CT molecular complexity index is 595. The van der Waals surface area contributed by atoms with E-state index in [4.69, 9.17) is 10.2 Å². The van der Waals surface area contributed by atoms with Gasteiger partial charge in [0.1, 0.15) is 4.88 Å². The van der Waals surface area contributed by atoms with Gasteiger partial charge < -0.3 is 15.1 Å². The summed E-state index contributed by atoms with van der Waals surface area (Å²) in [5, 5.41) is 17.9. The molecule has 0 saturated carbocycles. The fraction of sp³-hybridized carbons (Fsp3) is 0.154. The third-order valence-corrected chi connectivity index (χ3v) is 3.40. The van der Waals surface area contributed by atoms with E-state index in [0.29, 0.717) is 10.6 Å². The van der Waals surface area contributed by atoms with Crippen molar-refractivity contribution >= 4 is 28.9 Å². The van der Waals surface area contributed by atoms with Gasteiger partial charge in [-0.1, -0.05) is 0 Å². The molecule has 0 fully saturated rings. The van der Waals surface area contributed by atoms with E-state index >= 15 is 0 Å². The van der Waals surface area contributed by atoms with Crippen molar-refractivity contribution in [3.05, 3.63) is 46.4 Å². The molecule has 104 valence electrons. The van der Waals surface area contributed by atoms with Gasteiger partial charge in [-0.3, -0.25) is 9.78 Å². The minimum absolute atomic E-state index is 0.128. The highest BCUT2D eigenvalue weighted by Gasteiger charge is 2.18. The average molecular weight is 292 g/mol. The number of carbonyl (C=O) groups is 2. The van der Waals surface area contributed by atoms with Crippen molar-refractivity contribution in [3.63, 3.8) is 0 Å². The van der Waals surface area contributed by atoms with E-state index in [9.17, 15) is 9.59 Å². The van der Waals surface area contributed by atoms with Gasteiger partial charge in [-0.25, -0.2) is 4.79 Å². The van der Waals surface area contributed by atoms with Gasteiger partial charge >= 0.3 is 5.97 Å². The number of aromatic nitrogens is 1. The summed E-state index contributed by atoms with van der Waals surface area (Å²) >= 11 is 1.21. The third-order valence-electron chi connectivity index (χ3n) is 2.64. The van der Waals surface area contributed by atoms with Gasteiger partial charge in [-0.15, -0.1) is 11.3 Å². The molecule has 2 aromatic rings. The molecule has 0 unspecified atom stereocenters. The Balaban J connectivity index is 2.28. The zero-order chi connectivity index (χ0) is 14.5. The minimum Gasteiger partial charge on any atom is -0.478 e. The van der Waals surface area contributed by atoms with Crippen LogP contribution in [0.3, 0.4) is 0 Å². The van der Waals surface area contributed by atoms with Crippen molar-refractivity contribution in [1.82, 2.24) is 4.98 Å². The Kier molecular flexibility index (Phi) is 4.44. The molecular formula is C13H12N2O4S. The van der Waals surface area contributed by atoms with Crippen LogP contribution in [0, 0.1) is 0 Å². The molecule has 0 saturated heterocycles. The van der Waals surface area contributed by atoms with Gasteiger partial charge in [0.05, 0.1) is 23.9 Å². The van der Waals surface area contributed by atoms with E-state index in [0.717, 1.165) is 0 Å². The molecule has 1 heterocycles. The average Bonchev–Trinajstić information content (AvgIpc) is 2.98. The van der Waals surface area contributed by atoms with Crippen LogP contribution in [0.15, 0.2) is 36.0 Å². The van der Waals surface area contributed by atoms with Crippen molar-refractivity contribution < 1.29 is 19.8 Å². The van der Waals surface area contributed by atoms with Crippen LogP contribution in [0.5, 0.6) is 0 Å². The Morgan fingerprint density at radius 1 is 1.25 bits per heavy atom. The van der Waals surface area contributed by atoms with E-state index in [1.54, 1.807) is 5.51 Å². The van der Waals surface area contributed by atoms with Crippen LogP contribution in [0.25, 0.3) is 0 Å². The number of amides is 1. The zero-order valence-electron chi connectivity index (χ0n) is 10.4. The minimum atomic E-state index is -1.03. The number of anilines is 1. The number of rotatable bonds is 5. The molecule has 2 rings (SSSR count). The molecule has 0 radical (unpaired) electrons. The second kappa shape index (κ2) is 6.27. The number of aromatic carboxylic acids is 1. The number of carboxylic acid groups (broad SMARTS) is 1. The second-order valence-electron chi connectivity index (χ2n) is 3.90. The third kappa shape index (κ3) is 3.01. The topological polar surface area (TPSA) is 90.7 Å². The highest BCUT2D eigenvalue weighted by molar-refractivity contribution is 7.11. The fourth-order valence-corrected chi connectivity index (χ4v) is 2.25. The first-order valence-electron chi connectivity index (χ1n) is 5.78. The molecule has 0 aliphatic heterocycles. The van der Waals surface area contributed by atoms with E-state index < -0.39 is 5.97 Å². The van der Waals surface area contributed by atoms with Crippen molar-refractivity contribution in [2.45, 2.75) is 0 Å². The summed E-state index contributed by atoms with van der Waals surface area (Å²) < 4.78 is 0. The number of hydrogen-bond acceptors (Lipinski definition) is 5. The van der Waals surface area contributed by atoms with E-state index in [-0.39, 0.29) is 24.6 Å². The Hall–Kier alpha value is -2.25. The van der Waals surface area contributed by atoms with Crippen LogP contribution >= 0.6 is 11.3 Å². The molecule has 0 bridgehead atoms. The molecule has 1 amide bonds. The smallest absolute Gasteiger partial charge is 0.335 e. The summed E-state index contributed by atoms with van der Waals surface area (Å²) in [6.07, 6.45) is 1.46. The lowest BCUT2D eigenvalue weighted by Gasteiger charge is -2.21. The lowest BCUT2D eigenvalue weighted by Crippen LogP contribution is -2.33. The summed E-state index contributed by atoms with van der Waals surface area (Å²) in [6.45, 7) is -0.0611. The van der Waals surface area contributed by atoms with E-state index in [1.807, 2.05) is 0 Å². The van der Waals surface area contributed by atoms with Gasteiger partial charge in [0, 0.05) is 12.2 Å². The second-order valence-corrected chi connectivity index (χ2v) is 4.78. The van der Waals surface area contributed by atoms with Gasteiger partial charge in [0.15, 0.2) is 0 Å². The first kappa shape index (κ1) is 14.2. The number of aliphatic hydroxyl groups is 1. The standard InChI is InChI=1S/C13H12N2O4S/c16-6-5-15(12(17)11-7-14-8-20-11)10-3-1-9(2-4-10)13(18)19/h1-4,7-8,16H,5-6H2,(H,18,19). The molecule has 6 nitrogen and oxygen atoms in total. The van der Waals surface area contributed by atoms with Gasteiger partial charge in [0.25, 0.3) is 5.91 Å². The molecule has 1 aromatic heterocycles. The predicted molar refractivity (Wildman–Crippen MR) is 74.3 cm³/mol. The summed E-state index contributed by atoms with van der Waals surface area (Å²) in [4.78, 5) is 28.8. The maximum Gasteiger partial charge on any atom is 0.335 e. The van der Waals surface area contributed by atoms with Gasteiger partial charge in [0.2, 0.25) is 0 Å². The van der Waals surface area contributed by atoms with Crippen molar-refractivity contribution in [1.29, 1.82) is 0 Å². The number of hydrogen-bond donors (Lipinski definition) is 2. The Labute approximate surface area is 118 Å². The van der Waals surface area contributed by atoms with Crippen molar-refractivity contribution in [3.8, 4) is 0 Å². The summed E-state index contributed by atoms with van der Waals surface area (Å²) in [5.41, 5.74) is 2.23. The number of nitrogens with zero attached hydrogens (tertiary/aromatic N) is 2. The predicted octanol–water partition coefficient (Wildman–Crippen LogP) is 1.48. The molecule has 0 aliphatic rings. The van der Waals surface area contributed by atoms with Crippen molar-refractivity contribution in [2.24, 2.45) is 0 Å². The maximum atomic E-state index is 12.3. The number of benzene rings is 1. The lowest BCUT2D eigenvalue weighted by molar-refractivity contribution is 0.0696. The molecule has 0 spiro atoms. The van der Waals surface area contributed by atoms with Gasteiger partial charge in [-0.05, 0) is 24.3 Å². The quantitative estimate of drug-likeness (QED) is 0.871. The van der Waals surface area contributed by atoms with Crippen LogP contribution in [0.2, 0.25) is 0 Å². The Morgan fingerprint density at radius 3 is 2.45 bits per heavy atom. The van der Waals surface area contributed by atoms with E-state index in [1.165, 1.54) is 46.7 Å². The monoisotopic (exact) mass is 292 g/mol. The highest BCUT2D eigenvalue weighted by atomic mass is 32.1. The Morgan fingerprint density at radius 2 is 1.95 bits per heavy atom. The number of carboxylic acids is 1. The van der Waals surface area contributed by atoms with Gasteiger partial charge in [-0.2, -0.15) is 0 Å². The normalized spacial score (nSPS) is 10.2. The number of aliphatic hydroxyl groups excluding tert-OH is 1. The molecule has 1 aromatic carbocycles. The molecule has 0 aliphatic carbocycles. The fourth-order valence-electron chi connectivity index (χ4n) is 1.69. The van der Waals surface area contributed by atoms with Crippen LogP contribution in [-0.2, 0) is 0 Å². The van der Waals surface area contributed by atoms with Crippen LogP contribution in [-0.4, -0.2) is 40.2 Å². The van der Waals surface area contributed by atoms with Crippen molar-refractivity contribution in [2.75, 3.05) is 18.1 Å². The molecule has 0 atom stereocenters. The first-order chi connectivity index (χ1) is 9.63. The highest BCUT2D eigenvalue weighted by Crippen LogP contribution is 2.19. The molecule has 7 heteroatoms. The first-order valence-corrected chi connectivity index (χ1v) is 6.66. The van der Waals surface area contributed by atoms with Crippen LogP contribution in [0.1, 0.15) is 20.0 Å². The molecule has 2 N–H and O–H groups in total. The lowest BCUT2D eigenvalue weighted by atomic mass is 10.2. The number of thiazole rings is 1.